The standard InChI is InChI=1S/C19H22N2O2/c22-19(20-13-7-2-1-3-8-13)15-11-6-10-14(15)18-16-9-4-5-12-17(16)23-21-18/h1-3,7-8,14-15H,4-6,9-12H2,(H,20,22)/t14-,15-/m0/s1. The van der Waals surface area contributed by atoms with Crippen LogP contribution in [0, 0.1) is 5.92 Å². The molecular formula is C19H22N2O2. The van der Waals surface area contributed by atoms with Crippen molar-refractivity contribution in [2.45, 2.75) is 50.9 Å². The number of carbonyl (C=O) groups is 1. The van der Waals surface area contributed by atoms with E-state index in [9.17, 15) is 4.79 Å². The van der Waals surface area contributed by atoms with Gasteiger partial charge < -0.3 is 9.84 Å². The van der Waals surface area contributed by atoms with Crippen molar-refractivity contribution in [1.82, 2.24) is 5.16 Å². The van der Waals surface area contributed by atoms with E-state index in [4.69, 9.17) is 4.52 Å². The monoisotopic (exact) mass is 310 g/mol. The number of nitrogens with zero attached hydrogens (tertiary/aromatic N) is 1. The van der Waals surface area contributed by atoms with E-state index in [0.717, 1.165) is 49.2 Å². The third-order valence-electron chi connectivity index (χ3n) is 5.23. The minimum atomic E-state index is 0.00586. The molecule has 4 rings (SSSR count). The molecule has 4 nitrogen and oxygen atoms in total. The summed E-state index contributed by atoms with van der Waals surface area (Å²) in [5.74, 6) is 1.39. The van der Waals surface area contributed by atoms with Crippen LogP contribution in [0.1, 0.15) is 55.0 Å². The van der Waals surface area contributed by atoms with Gasteiger partial charge in [0.1, 0.15) is 5.76 Å². The van der Waals surface area contributed by atoms with Gasteiger partial charge in [0.2, 0.25) is 5.91 Å². The second-order valence-electron chi connectivity index (χ2n) is 6.68. The molecule has 1 heterocycles. The van der Waals surface area contributed by atoms with Gasteiger partial charge in [-0.2, -0.15) is 0 Å². The highest BCUT2D eigenvalue weighted by atomic mass is 16.5. The average molecular weight is 310 g/mol. The fourth-order valence-corrected chi connectivity index (χ4v) is 4.06. The molecule has 2 aliphatic carbocycles. The van der Waals surface area contributed by atoms with Crippen LogP contribution in [0.15, 0.2) is 34.9 Å². The highest BCUT2D eigenvalue weighted by Gasteiger charge is 2.38. The van der Waals surface area contributed by atoms with Crippen LogP contribution >= 0.6 is 0 Å². The lowest BCUT2D eigenvalue weighted by atomic mass is 9.86. The summed E-state index contributed by atoms with van der Waals surface area (Å²) in [4.78, 5) is 12.7. The normalized spacial score (nSPS) is 23.5. The van der Waals surface area contributed by atoms with Crippen LogP contribution in [-0.4, -0.2) is 11.1 Å². The SMILES string of the molecule is O=C(Nc1ccccc1)[C@H]1CCC[C@@H]1c1noc2c1CCCC2. The van der Waals surface area contributed by atoms with E-state index in [2.05, 4.69) is 10.5 Å². The largest absolute Gasteiger partial charge is 0.361 e. The van der Waals surface area contributed by atoms with Crippen molar-refractivity contribution in [1.29, 1.82) is 0 Å². The molecule has 0 radical (unpaired) electrons. The predicted molar refractivity (Wildman–Crippen MR) is 88.3 cm³/mol. The van der Waals surface area contributed by atoms with Gasteiger partial charge in [-0.1, -0.05) is 29.8 Å². The number of anilines is 1. The zero-order valence-electron chi connectivity index (χ0n) is 13.3. The lowest BCUT2D eigenvalue weighted by Gasteiger charge is -2.19. The number of nitrogens with one attached hydrogen (secondary N) is 1. The van der Waals surface area contributed by atoms with E-state index in [-0.39, 0.29) is 17.7 Å². The number of benzene rings is 1. The lowest BCUT2D eigenvalue weighted by molar-refractivity contribution is -0.120. The van der Waals surface area contributed by atoms with Crippen LogP contribution in [-0.2, 0) is 17.6 Å². The number of aromatic nitrogens is 1. The number of fused-ring (bicyclic) bond motifs is 1. The molecule has 2 atom stereocenters. The third kappa shape index (κ3) is 2.78. The highest BCUT2D eigenvalue weighted by molar-refractivity contribution is 5.93. The molecule has 0 saturated heterocycles. The fraction of sp³-hybridized carbons (Fsp3) is 0.474. The summed E-state index contributed by atoms with van der Waals surface area (Å²) in [6.07, 6.45) is 7.49. The van der Waals surface area contributed by atoms with Gasteiger partial charge in [0.05, 0.1) is 5.69 Å². The first-order chi connectivity index (χ1) is 11.3. The van der Waals surface area contributed by atoms with E-state index in [1.807, 2.05) is 30.3 Å². The molecule has 1 fully saturated rings. The molecule has 0 spiro atoms. The second kappa shape index (κ2) is 6.19. The van der Waals surface area contributed by atoms with Gasteiger partial charge >= 0.3 is 0 Å². The minimum Gasteiger partial charge on any atom is -0.361 e. The lowest BCUT2D eigenvalue weighted by Crippen LogP contribution is -2.25. The smallest absolute Gasteiger partial charge is 0.228 e. The second-order valence-corrected chi connectivity index (χ2v) is 6.68. The first kappa shape index (κ1) is 14.5. The molecule has 1 N–H and O–H groups in total. The molecular weight excluding hydrogens is 288 g/mol. The summed E-state index contributed by atoms with van der Waals surface area (Å²) < 4.78 is 5.56. The van der Waals surface area contributed by atoms with E-state index < -0.39 is 0 Å². The Morgan fingerprint density at radius 2 is 1.91 bits per heavy atom. The number of aryl methyl sites for hydroxylation is 1. The Balaban J connectivity index is 1.55. The molecule has 0 aliphatic heterocycles. The topological polar surface area (TPSA) is 55.1 Å². The Morgan fingerprint density at radius 1 is 1.09 bits per heavy atom. The Kier molecular flexibility index (Phi) is 3.90. The van der Waals surface area contributed by atoms with Crippen LogP contribution in [0.3, 0.4) is 0 Å². The van der Waals surface area contributed by atoms with Crippen molar-refractivity contribution in [3.8, 4) is 0 Å². The Bertz CT molecular complexity index is 693. The Morgan fingerprint density at radius 3 is 2.78 bits per heavy atom. The molecule has 1 aromatic carbocycles. The number of hydrogen-bond acceptors (Lipinski definition) is 3. The molecule has 1 saturated carbocycles. The molecule has 0 unspecified atom stereocenters. The van der Waals surface area contributed by atoms with Crippen molar-refractivity contribution in [3.05, 3.63) is 47.3 Å². The van der Waals surface area contributed by atoms with E-state index in [1.165, 1.54) is 18.4 Å². The molecule has 1 amide bonds. The van der Waals surface area contributed by atoms with Crippen LogP contribution in [0.25, 0.3) is 0 Å². The number of carbonyl (C=O) groups excluding carboxylic acids is 1. The average Bonchev–Trinajstić information content (AvgIpc) is 3.22. The predicted octanol–water partition coefficient (Wildman–Crippen LogP) is 4.08. The van der Waals surface area contributed by atoms with Crippen molar-refractivity contribution < 1.29 is 9.32 Å². The van der Waals surface area contributed by atoms with Crippen LogP contribution in [0.2, 0.25) is 0 Å². The van der Waals surface area contributed by atoms with Crippen LogP contribution < -0.4 is 5.32 Å². The number of amides is 1. The van der Waals surface area contributed by atoms with E-state index >= 15 is 0 Å². The maximum Gasteiger partial charge on any atom is 0.228 e. The fourth-order valence-electron chi connectivity index (χ4n) is 4.06. The van der Waals surface area contributed by atoms with E-state index in [1.54, 1.807) is 0 Å². The maximum absolute atomic E-state index is 12.7. The first-order valence-electron chi connectivity index (χ1n) is 8.66. The van der Waals surface area contributed by atoms with Gasteiger partial charge in [0, 0.05) is 29.5 Å². The zero-order valence-corrected chi connectivity index (χ0v) is 13.3. The van der Waals surface area contributed by atoms with Crippen molar-refractivity contribution >= 4 is 11.6 Å². The molecule has 1 aromatic heterocycles. The van der Waals surface area contributed by atoms with Gasteiger partial charge in [0.25, 0.3) is 0 Å². The van der Waals surface area contributed by atoms with Crippen molar-refractivity contribution in [3.63, 3.8) is 0 Å². The molecule has 2 aromatic rings. The zero-order chi connectivity index (χ0) is 15.6. The third-order valence-corrected chi connectivity index (χ3v) is 5.23. The van der Waals surface area contributed by atoms with Gasteiger partial charge in [0.15, 0.2) is 0 Å². The molecule has 4 heteroatoms. The van der Waals surface area contributed by atoms with E-state index in [0.29, 0.717) is 0 Å². The van der Waals surface area contributed by atoms with Gasteiger partial charge in [-0.25, -0.2) is 0 Å². The van der Waals surface area contributed by atoms with Crippen LogP contribution in [0.5, 0.6) is 0 Å². The van der Waals surface area contributed by atoms with Gasteiger partial charge in [-0.15, -0.1) is 0 Å². The Labute approximate surface area is 136 Å². The Hall–Kier alpha value is -2.10. The molecule has 0 bridgehead atoms. The molecule has 2 aliphatic rings. The number of rotatable bonds is 3. The van der Waals surface area contributed by atoms with Gasteiger partial charge in [-0.05, 0) is 44.2 Å². The summed E-state index contributed by atoms with van der Waals surface area (Å²) in [5, 5.41) is 7.42. The maximum atomic E-state index is 12.7. The van der Waals surface area contributed by atoms with Crippen LogP contribution in [0.4, 0.5) is 5.69 Å². The summed E-state index contributed by atoms with van der Waals surface area (Å²) >= 11 is 0. The summed E-state index contributed by atoms with van der Waals surface area (Å²) in [6, 6.07) is 9.70. The summed E-state index contributed by atoms with van der Waals surface area (Å²) in [5.41, 5.74) is 3.22. The quantitative estimate of drug-likeness (QED) is 0.929. The minimum absolute atomic E-state index is 0.00586. The summed E-state index contributed by atoms with van der Waals surface area (Å²) in [6.45, 7) is 0. The van der Waals surface area contributed by atoms with Gasteiger partial charge in [-0.3, -0.25) is 4.79 Å². The number of para-hydroxylation sites is 1. The summed E-state index contributed by atoms with van der Waals surface area (Å²) in [7, 11) is 0. The first-order valence-corrected chi connectivity index (χ1v) is 8.66. The highest BCUT2D eigenvalue weighted by Crippen LogP contribution is 2.42. The van der Waals surface area contributed by atoms with Crippen molar-refractivity contribution in [2.75, 3.05) is 5.32 Å². The number of hydrogen-bond donors (Lipinski definition) is 1. The molecule has 120 valence electrons. The van der Waals surface area contributed by atoms with Crippen molar-refractivity contribution in [2.24, 2.45) is 5.92 Å². The molecule has 23 heavy (non-hydrogen) atoms.